The van der Waals surface area contributed by atoms with E-state index in [0.717, 1.165) is 5.56 Å². The van der Waals surface area contributed by atoms with Gasteiger partial charge in [0.25, 0.3) is 0 Å². The number of esters is 1. The number of aryl methyl sites for hydroxylation is 1. The average molecular weight is 307 g/mol. The fourth-order valence-corrected chi connectivity index (χ4v) is 2.16. The number of nitrogens with one attached hydrogen (secondary N) is 1. The molecule has 5 nitrogen and oxygen atoms in total. The molecule has 0 spiro atoms. The number of carbonyl (C=O) groups is 1. The number of methoxy groups -OCH3 is 1. The molecule has 1 aromatic carbocycles. The van der Waals surface area contributed by atoms with Crippen LogP contribution in [0.15, 0.2) is 23.2 Å². The summed E-state index contributed by atoms with van der Waals surface area (Å²) in [5.74, 6) is -0.662. The monoisotopic (exact) mass is 306 g/mol. The van der Waals surface area contributed by atoms with E-state index < -0.39 is 5.97 Å². The molecular formula is C15H15ClN2O3. The lowest BCUT2D eigenvalue weighted by molar-refractivity contribution is 0.0600. The Labute approximate surface area is 127 Å². The van der Waals surface area contributed by atoms with E-state index in [9.17, 15) is 9.90 Å². The van der Waals surface area contributed by atoms with E-state index in [0.29, 0.717) is 22.0 Å². The van der Waals surface area contributed by atoms with Crippen molar-refractivity contribution in [3.8, 4) is 5.88 Å². The Bertz CT molecular complexity index is 720. The largest absolute Gasteiger partial charge is 0.494 e. The van der Waals surface area contributed by atoms with Gasteiger partial charge in [-0.1, -0.05) is 17.7 Å². The quantitative estimate of drug-likeness (QED) is 0.673. The Balaban J connectivity index is 2.46. The highest BCUT2D eigenvalue weighted by Gasteiger charge is 2.20. The number of aliphatic imine (C=N–C) groups is 1. The number of aromatic amines is 1. The van der Waals surface area contributed by atoms with Gasteiger partial charge in [0.05, 0.1) is 23.9 Å². The predicted molar refractivity (Wildman–Crippen MR) is 82.0 cm³/mol. The third-order valence-corrected chi connectivity index (χ3v) is 3.58. The fourth-order valence-electron chi connectivity index (χ4n) is 1.99. The summed E-state index contributed by atoms with van der Waals surface area (Å²) in [7, 11) is 1.29. The van der Waals surface area contributed by atoms with Crippen molar-refractivity contribution < 1.29 is 14.6 Å². The molecule has 0 unspecified atom stereocenters. The Hall–Kier alpha value is -2.27. The first-order valence-electron chi connectivity index (χ1n) is 6.24. The first kappa shape index (κ1) is 15.1. The number of aromatic nitrogens is 1. The molecular weight excluding hydrogens is 292 g/mol. The molecule has 6 heteroatoms. The first-order valence-corrected chi connectivity index (χ1v) is 6.62. The molecule has 0 bridgehead atoms. The van der Waals surface area contributed by atoms with E-state index in [1.807, 2.05) is 6.92 Å². The molecule has 110 valence electrons. The summed E-state index contributed by atoms with van der Waals surface area (Å²) in [5, 5.41) is 10.5. The number of rotatable bonds is 3. The Morgan fingerprint density at radius 2 is 2.14 bits per heavy atom. The van der Waals surface area contributed by atoms with Gasteiger partial charge in [-0.05, 0) is 31.5 Å². The zero-order valence-corrected chi connectivity index (χ0v) is 12.7. The molecule has 21 heavy (non-hydrogen) atoms. The van der Waals surface area contributed by atoms with Gasteiger partial charge in [0.1, 0.15) is 0 Å². The van der Waals surface area contributed by atoms with Gasteiger partial charge in [0.2, 0.25) is 0 Å². The Morgan fingerprint density at radius 1 is 1.43 bits per heavy atom. The maximum absolute atomic E-state index is 11.8. The summed E-state index contributed by atoms with van der Waals surface area (Å²) >= 11 is 6.03. The molecule has 2 aromatic rings. The minimum Gasteiger partial charge on any atom is -0.494 e. The van der Waals surface area contributed by atoms with Gasteiger partial charge in [-0.25, -0.2) is 4.79 Å². The third-order valence-electron chi connectivity index (χ3n) is 3.17. The summed E-state index contributed by atoms with van der Waals surface area (Å²) in [6.07, 6.45) is 1.42. The van der Waals surface area contributed by atoms with Crippen LogP contribution in [0, 0.1) is 13.8 Å². The molecule has 1 aromatic heterocycles. The Morgan fingerprint density at radius 3 is 2.81 bits per heavy atom. The van der Waals surface area contributed by atoms with E-state index in [2.05, 4.69) is 9.98 Å². The van der Waals surface area contributed by atoms with Crippen LogP contribution < -0.4 is 0 Å². The van der Waals surface area contributed by atoms with Gasteiger partial charge in [0.15, 0.2) is 5.88 Å². The first-order chi connectivity index (χ1) is 9.95. The molecule has 0 aliphatic heterocycles. The topological polar surface area (TPSA) is 74.7 Å². The van der Waals surface area contributed by atoms with Crippen LogP contribution in [0.25, 0.3) is 0 Å². The number of H-pyrrole nitrogens is 1. The molecule has 1 heterocycles. The number of hydrogen-bond acceptors (Lipinski definition) is 4. The zero-order valence-electron chi connectivity index (χ0n) is 11.9. The van der Waals surface area contributed by atoms with Crippen molar-refractivity contribution in [3.63, 3.8) is 0 Å². The van der Waals surface area contributed by atoms with Crippen molar-refractivity contribution in [3.05, 3.63) is 45.6 Å². The van der Waals surface area contributed by atoms with Gasteiger partial charge in [-0.15, -0.1) is 0 Å². The molecule has 2 rings (SSSR count). The minimum absolute atomic E-state index is 0.128. The number of carbonyl (C=O) groups excluding carboxylic acids is 1. The molecule has 0 aliphatic rings. The van der Waals surface area contributed by atoms with Crippen molar-refractivity contribution in [2.75, 3.05) is 7.11 Å². The van der Waals surface area contributed by atoms with Gasteiger partial charge in [-0.2, -0.15) is 0 Å². The lowest BCUT2D eigenvalue weighted by Crippen LogP contribution is -2.04. The number of halogens is 1. The molecule has 0 fully saturated rings. The van der Waals surface area contributed by atoms with E-state index in [4.69, 9.17) is 16.3 Å². The van der Waals surface area contributed by atoms with Crippen molar-refractivity contribution in [1.82, 2.24) is 4.98 Å². The smallest absolute Gasteiger partial charge is 0.340 e. The second-order valence-electron chi connectivity index (χ2n) is 4.52. The molecule has 0 amide bonds. The number of hydrogen-bond donors (Lipinski definition) is 2. The zero-order chi connectivity index (χ0) is 15.6. The average Bonchev–Trinajstić information content (AvgIpc) is 2.74. The van der Waals surface area contributed by atoms with Crippen LogP contribution >= 0.6 is 11.6 Å². The van der Waals surface area contributed by atoms with Crippen molar-refractivity contribution >= 4 is 29.5 Å². The molecule has 0 saturated heterocycles. The fraction of sp³-hybridized carbons (Fsp3) is 0.200. The van der Waals surface area contributed by atoms with Crippen molar-refractivity contribution in [2.45, 2.75) is 13.8 Å². The summed E-state index contributed by atoms with van der Waals surface area (Å²) in [6, 6.07) is 5.35. The molecule has 0 saturated carbocycles. The van der Waals surface area contributed by atoms with Crippen LogP contribution in [0.1, 0.15) is 27.2 Å². The summed E-state index contributed by atoms with van der Waals surface area (Å²) in [4.78, 5) is 18.7. The summed E-state index contributed by atoms with van der Waals surface area (Å²) < 4.78 is 4.71. The maximum Gasteiger partial charge on any atom is 0.340 e. The number of aromatic hydroxyl groups is 1. The summed E-state index contributed by atoms with van der Waals surface area (Å²) in [5.41, 5.74) is 2.55. The van der Waals surface area contributed by atoms with E-state index in [1.54, 1.807) is 25.1 Å². The highest BCUT2D eigenvalue weighted by molar-refractivity contribution is 6.31. The van der Waals surface area contributed by atoms with Gasteiger partial charge >= 0.3 is 5.97 Å². The van der Waals surface area contributed by atoms with E-state index in [-0.39, 0.29) is 11.4 Å². The van der Waals surface area contributed by atoms with E-state index in [1.165, 1.54) is 13.3 Å². The van der Waals surface area contributed by atoms with Crippen LogP contribution in [-0.4, -0.2) is 29.4 Å². The second-order valence-corrected chi connectivity index (χ2v) is 4.93. The number of nitrogens with zero attached hydrogens (tertiary/aromatic N) is 1. The highest BCUT2D eigenvalue weighted by atomic mass is 35.5. The lowest BCUT2D eigenvalue weighted by atomic mass is 10.1. The Kier molecular flexibility index (Phi) is 4.33. The van der Waals surface area contributed by atoms with Gasteiger partial charge in [0, 0.05) is 16.9 Å². The highest BCUT2D eigenvalue weighted by Crippen LogP contribution is 2.27. The second kappa shape index (κ2) is 6.01. The van der Waals surface area contributed by atoms with Crippen LogP contribution in [0.2, 0.25) is 5.02 Å². The minimum atomic E-state index is -0.534. The predicted octanol–water partition coefficient (Wildman–Crippen LogP) is 3.53. The van der Waals surface area contributed by atoms with Crippen LogP contribution in [0.4, 0.5) is 5.69 Å². The van der Waals surface area contributed by atoms with Crippen LogP contribution in [0.5, 0.6) is 5.88 Å². The van der Waals surface area contributed by atoms with Crippen molar-refractivity contribution in [1.29, 1.82) is 0 Å². The number of ether oxygens (including phenoxy) is 1. The van der Waals surface area contributed by atoms with Gasteiger partial charge in [-0.3, -0.25) is 4.99 Å². The molecule has 0 atom stereocenters. The van der Waals surface area contributed by atoms with Crippen molar-refractivity contribution in [2.24, 2.45) is 4.99 Å². The maximum atomic E-state index is 11.8. The molecule has 0 radical (unpaired) electrons. The normalized spacial score (nSPS) is 11.0. The van der Waals surface area contributed by atoms with Crippen LogP contribution in [0.3, 0.4) is 0 Å². The molecule has 2 N–H and O–H groups in total. The SMILES string of the molecule is COC(=O)c1c(C)[nH]c(O)c1C=Nc1cccc(Cl)c1C. The van der Waals surface area contributed by atoms with E-state index >= 15 is 0 Å². The standard InChI is InChI=1S/C15H15ClN2O3/c1-8-11(16)5-4-6-12(8)17-7-10-13(15(20)21-3)9(2)18-14(10)19/h4-7,18-19H,1-3H3. The number of benzene rings is 1. The van der Waals surface area contributed by atoms with Crippen LogP contribution in [-0.2, 0) is 4.74 Å². The van der Waals surface area contributed by atoms with Gasteiger partial charge < -0.3 is 14.8 Å². The third kappa shape index (κ3) is 2.92. The summed E-state index contributed by atoms with van der Waals surface area (Å²) in [6.45, 7) is 3.52. The molecule has 0 aliphatic carbocycles. The lowest BCUT2D eigenvalue weighted by Gasteiger charge is -2.02.